The number of hydrogen-bond acceptors (Lipinski definition) is 6. The molecule has 3 heterocycles. The number of fused-ring (bicyclic) bond motifs is 1. The van der Waals surface area contributed by atoms with Crippen molar-refractivity contribution in [2.24, 2.45) is 0 Å². The lowest BCUT2D eigenvalue weighted by Crippen LogP contribution is -2.36. The van der Waals surface area contributed by atoms with Crippen LogP contribution in [0.15, 0.2) is 24.5 Å². The maximum absolute atomic E-state index is 14.9. The molecule has 0 unspecified atom stereocenters. The Labute approximate surface area is 179 Å². The molecule has 172 valence electrons. The molecule has 0 aromatic carbocycles. The first-order chi connectivity index (χ1) is 15.1. The zero-order valence-electron chi connectivity index (χ0n) is 17.2. The van der Waals surface area contributed by atoms with Crippen molar-refractivity contribution in [2.75, 3.05) is 5.32 Å². The zero-order valence-corrected chi connectivity index (χ0v) is 17.2. The standard InChI is InChI=1S/C19H21F4N7O2/c1-9(2)25-18(31)32-12-4-3-10(16(12)20)11-7-14(29-28-11)27-17-24-6-5-15-26-13(8-30(15)17)19(21,22)23/h5-10,12,16H,3-4H2,1-2H3,(H,25,31)(H2,24,27,28,29)/t10-,12-,16-/m0/s1. The lowest BCUT2D eigenvalue weighted by Gasteiger charge is -2.18. The Balaban J connectivity index is 1.47. The highest BCUT2D eigenvalue weighted by Gasteiger charge is 2.41. The van der Waals surface area contributed by atoms with Gasteiger partial charge in [0.25, 0.3) is 0 Å². The van der Waals surface area contributed by atoms with Crippen LogP contribution in [0.1, 0.15) is 44.0 Å². The molecule has 3 N–H and O–H groups in total. The maximum atomic E-state index is 14.9. The van der Waals surface area contributed by atoms with Gasteiger partial charge >= 0.3 is 12.3 Å². The predicted molar refractivity (Wildman–Crippen MR) is 105 cm³/mol. The molecule has 1 aliphatic rings. The average Bonchev–Trinajstić information content (AvgIpc) is 3.40. The fourth-order valence-electron chi connectivity index (χ4n) is 3.63. The third-order valence-electron chi connectivity index (χ3n) is 5.08. The van der Waals surface area contributed by atoms with Gasteiger partial charge in [-0.05, 0) is 32.8 Å². The number of nitrogens with one attached hydrogen (secondary N) is 3. The first kappa shape index (κ1) is 21.8. The second-order valence-corrected chi connectivity index (χ2v) is 7.83. The Morgan fingerprint density at radius 1 is 1.34 bits per heavy atom. The molecule has 1 fully saturated rings. The third-order valence-corrected chi connectivity index (χ3v) is 5.08. The van der Waals surface area contributed by atoms with Gasteiger partial charge in [-0.25, -0.2) is 19.2 Å². The summed E-state index contributed by atoms with van der Waals surface area (Å²) in [7, 11) is 0. The average molecular weight is 455 g/mol. The minimum absolute atomic E-state index is 0.0601. The predicted octanol–water partition coefficient (Wildman–Crippen LogP) is 3.93. The lowest BCUT2D eigenvalue weighted by atomic mass is 10.0. The number of ether oxygens (including phenoxy) is 1. The zero-order chi connectivity index (χ0) is 23.0. The maximum Gasteiger partial charge on any atom is 0.434 e. The van der Waals surface area contributed by atoms with E-state index in [9.17, 15) is 22.4 Å². The third kappa shape index (κ3) is 4.46. The fraction of sp³-hybridized carbons (Fsp3) is 0.474. The quantitative estimate of drug-likeness (QED) is 0.503. The van der Waals surface area contributed by atoms with Crippen LogP contribution in [-0.4, -0.2) is 49.0 Å². The van der Waals surface area contributed by atoms with Crippen molar-refractivity contribution in [1.82, 2.24) is 29.9 Å². The van der Waals surface area contributed by atoms with Gasteiger partial charge in [-0.15, -0.1) is 0 Å². The minimum Gasteiger partial charge on any atom is -0.443 e. The van der Waals surface area contributed by atoms with Gasteiger partial charge < -0.3 is 15.4 Å². The van der Waals surface area contributed by atoms with Crippen molar-refractivity contribution in [3.8, 4) is 0 Å². The van der Waals surface area contributed by atoms with Crippen LogP contribution in [0.3, 0.4) is 0 Å². The number of carbonyl (C=O) groups is 1. The number of aromatic nitrogens is 5. The summed E-state index contributed by atoms with van der Waals surface area (Å²) in [4.78, 5) is 19.3. The summed E-state index contributed by atoms with van der Waals surface area (Å²) in [6.07, 6.45) is -4.62. The molecular weight excluding hydrogens is 434 g/mol. The van der Waals surface area contributed by atoms with Gasteiger partial charge in [0.05, 0.1) is 0 Å². The van der Waals surface area contributed by atoms with Crippen molar-refractivity contribution in [2.45, 2.75) is 57.1 Å². The molecule has 1 aliphatic carbocycles. The van der Waals surface area contributed by atoms with Gasteiger partial charge in [0.15, 0.2) is 11.5 Å². The number of carbonyl (C=O) groups excluding carboxylic acids is 1. The van der Waals surface area contributed by atoms with E-state index >= 15 is 0 Å². The summed E-state index contributed by atoms with van der Waals surface area (Å²) in [5.74, 6) is -0.251. The van der Waals surface area contributed by atoms with Crippen LogP contribution in [-0.2, 0) is 10.9 Å². The fourth-order valence-corrected chi connectivity index (χ4v) is 3.63. The van der Waals surface area contributed by atoms with Gasteiger partial charge in [-0.3, -0.25) is 9.50 Å². The SMILES string of the molecule is CC(C)NC(=O)O[C@H]1CC[C@@H](c2cc(Nc3nccc4nc(C(F)(F)F)cn34)n[nH]2)[C@@H]1F. The topological polar surface area (TPSA) is 109 Å². The highest BCUT2D eigenvalue weighted by atomic mass is 19.4. The van der Waals surface area contributed by atoms with E-state index in [4.69, 9.17) is 4.74 Å². The molecule has 0 bridgehead atoms. The Morgan fingerprint density at radius 2 is 2.12 bits per heavy atom. The highest BCUT2D eigenvalue weighted by molar-refractivity contribution is 5.67. The van der Waals surface area contributed by atoms with Crippen LogP contribution in [0.2, 0.25) is 0 Å². The smallest absolute Gasteiger partial charge is 0.434 e. The summed E-state index contributed by atoms with van der Waals surface area (Å²) in [5.41, 5.74) is -0.510. The molecule has 3 aromatic heterocycles. The summed E-state index contributed by atoms with van der Waals surface area (Å²) < 4.78 is 60.1. The molecule has 1 saturated carbocycles. The molecule has 9 nitrogen and oxygen atoms in total. The van der Waals surface area contributed by atoms with Gasteiger partial charge in [-0.2, -0.15) is 18.3 Å². The van der Waals surface area contributed by atoms with Crippen LogP contribution >= 0.6 is 0 Å². The van der Waals surface area contributed by atoms with Gasteiger partial charge in [0.1, 0.15) is 17.9 Å². The molecular formula is C19H21F4N7O2. The van der Waals surface area contributed by atoms with Gasteiger partial charge in [-0.1, -0.05) is 0 Å². The number of amides is 1. The van der Waals surface area contributed by atoms with E-state index in [1.807, 2.05) is 0 Å². The van der Waals surface area contributed by atoms with E-state index in [0.29, 0.717) is 18.5 Å². The van der Waals surface area contributed by atoms with Gasteiger partial charge in [0, 0.05) is 36.1 Å². The Hall–Kier alpha value is -3.38. The Kier molecular flexibility index (Phi) is 5.65. The number of alkyl halides is 4. The molecule has 3 aromatic rings. The van der Waals surface area contributed by atoms with E-state index in [1.165, 1.54) is 12.3 Å². The van der Waals surface area contributed by atoms with Crippen LogP contribution in [0, 0.1) is 0 Å². The number of anilines is 2. The molecule has 32 heavy (non-hydrogen) atoms. The second kappa shape index (κ2) is 8.28. The summed E-state index contributed by atoms with van der Waals surface area (Å²) in [6.45, 7) is 3.54. The molecule has 0 spiro atoms. The number of H-pyrrole nitrogens is 1. The molecule has 1 amide bonds. The lowest BCUT2D eigenvalue weighted by molar-refractivity contribution is -0.140. The van der Waals surface area contributed by atoms with Crippen molar-refractivity contribution < 1.29 is 27.1 Å². The summed E-state index contributed by atoms with van der Waals surface area (Å²) >= 11 is 0. The van der Waals surface area contributed by atoms with E-state index in [1.54, 1.807) is 19.9 Å². The number of nitrogens with zero attached hydrogens (tertiary/aromatic N) is 4. The van der Waals surface area contributed by atoms with Crippen molar-refractivity contribution in [1.29, 1.82) is 0 Å². The number of alkyl carbamates (subject to hydrolysis) is 1. The Bertz CT molecular complexity index is 1110. The van der Waals surface area contributed by atoms with Gasteiger partial charge in [0.2, 0.25) is 5.95 Å². The first-order valence-electron chi connectivity index (χ1n) is 9.96. The van der Waals surface area contributed by atoms with E-state index < -0.39 is 36.2 Å². The van der Waals surface area contributed by atoms with E-state index in [-0.39, 0.29) is 23.5 Å². The Morgan fingerprint density at radius 3 is 2.84 bits per heavy atom. The largest absolute Gasteiger partial charge is 0.443 e. The van der Waals surface area contributed by atoms with Crippen molar-refractivity contribution in [3.05, 3.63) is 35.9 Å². The number of rotatable bonds is 5. The molecule has 13 heteroatoms. The summed E-state index contributed by atoms with van der Waals surface area (Å²) in [6, 6.07) is 2.77. The number of aromatic amines is 1. The number of imidazole rings is 1. The second-order valence-electron chi connectivity index (χ2n) is 7.83. The molecule has 0 radical (unpaired) electrons. The first-order valence-corrected chi connectivity index (χ1v) is 9.96. The van der Waals surface area contributed by atoms with Crippen molar-refractivity contribution >= 4 is 23.5 Å². The molecule has 4 rings (SSSR count). The molecule has 0 aliphatic heterocycles. The van der Waals surface area contributed by atoms with Crippen molar-refractivity contribution in [3.63, 3.8) is 0 Å². The normalized spacial score (nSPS) is 21.3. The van der Waals surface area contributed by atoms with Crippen LogP contribution in [0.4, 0.5) is 34.1 Å². The van der Waals surface area contributed by atoms with E-state index in [0.717, 1.165) is 10.6 Å². The van der Waals surface area contributed by atoms with Crippen LogP contribution in [0.5, 0.6) is 0 Å². The minimum atomic E-state index is -4.59. The number of halogens is 4. The summed E-state index contributed by atoms with van der Waals surface area (Å²) in [5, 5.41) is 12.2. The molecule has 0 saturated heterocycles. The van der Waals surface area contributed by atoms with Crippen LogP contribution in [0.25, 0.3) is 5.65 Å². The van der Waals surface area contributed by atoms with Crippen LogP contribution < -0.4 is 10.6 Å². The molecule has 3 atom stereocenters. The number of hydrogen-bond donors (Lipinski definition) is 3. The monoisotopic (exact) mass is 455 g/mol. The van der Waals surface area contributed by atoms with E-state index in [2.05, 4.69) is 30.8 Å². The highest BCUT2D eigenvalue weighted by Crippen LogP contribution is 2.38.